The molecule has 23 heavy (non-hydrogen) atoms. The highest BCUT2D eigenvalue weighted by molar-refractivity contribution is 6.33. The van der Waals surface area contributed by atoms with Gasteiger partial charge in [-0.2, -0.15) is 0 Å². The number of carbonyl (C=O) groups excluding carboxylic acids is 1. The Kier molecular flexibility index (Phi) is 4.97. The van der Waals surface area contributed by atoms with Gasteiger partial charge in [0, 0.05) is 19.0 Å². The second kappa shape index (κ2) is 7.14. The molecule has 1 unspecified atom stereocenters. The van der Waals surface area contributed by atoms with Gasteiger partial charge in [0.1, 0.15) is 5.82 Å². The van der Waals surface area contributed by atoms with E-state index < -0.39 is 5.82 Å². The van der Waals surface area contributed by atoms with Gasteiger partial charge in [0.2, 0.25) is 0 Å². The SMILES string of the molecule is O=C(c1ccc(F)cc1Cl)N1CCCCC(c2ccccc2)C1. The monoisotopic (exact) mass is 331 g/mol. The molecule has 1 heterocycles. The largest absolute Gasteiger partial charge is 0.338 e. The molecule has 1 amide bonds. The number of rotatable bonds is 2. The molecule has 0 spiro atoms. The molecule has 4 heteroatoms. The predicted octanol–water partition coefficient (Wildman–Crippen LogP) is 4.89. The Balaban J connectivity index is 1.82. The Morgan fingerprint density at radius 3 is 2.65 bits per heavy atom. The zero-order chi connectivity index (χ0) is 16.2. The van der Waals surface area contributed by atoms with Gasteiger partial charge in [-0.3, -0.25) is 4.79 Å². The van der Waals surface area contributed by atoms with Crippen molar-refractivity contribution in [1.29, 1.82) is 0 Å². The van der Waals surface area contributed by atoms with E-state index in [0.717, 1.165) is 25.8 Å². The molecule has 2 nitrogen and oxygen atoms in total. The van der Waals surface area contributed by atoms with Crippen molar-refractivity contribution in [2.24, 2.45) is 0 Å². The first kappa shape index (κ1) is 16.0. The number of halogens is 2. The van der Waals surface area contributed by atoms with Crippen LogP contribution in [0.1, 0.15) is 41.1 Å². The predicted molar refractivity (Wildman–Crippen MR) is 90.3 cm³/mol. The van der Waals surface area contributed by atoms with Crippen LogP contribution >= 0.6 is 11.6 Å². The van der Waals surface area contributed by atoms with Crippen LogP contribution in [0.3, 0.4) is 0 Å². The lowest BCUT2D eigenvalue weighted by Gasteiger charge is -2.25. The summed E-state index contributed by atoms with van der Waals surface area (Å²) in [5, 5.41) is 0.176. The van der Waals surface area contributed by atoms with Crippen molar-refractivity contribution in [2.45, 2.75) is 25.2 Å². The second-order valence-corrected chi connectivity index (χ2v) is 6.39. The van der Waals surface area contributed by atoms with Gasteiger partial charge in [-0.05, 0) is 36.6 Å². The fourth-order valence-electron chi connectivity index (χ4n) is 3.16. The summed E-state index contributed by atoms with van der Waals surface area (Å²) in [7, 11) is 0. The fourth-order valence-corrected chi connectivity index (χ4v) is 3.41. The van der Waals surface area contributed by atoms with Crippen molar-refractivity contribution in [2.75, 3.05) is 13.1 Å². The third kappa shape index (κ3) is 3.73. The van der Waals surface area contributed by atoms with E-state index in [4.69, 9.17) is 11.6 Å². The minimum Gasteiger partial charge on any atom is -0.338 e. The van der Waals surface area contributed by atoms with Crippen molar-refractivity contribution < 1.29 is 9.18 Å². The smallest absolute Gasteiger partial charge is 0.255 e. The Labute approximate surface area is 140 Å². The number of nitrogens with zero attached hydrogens (tertiary/aromatic N) is 1. The van der Waals surface area contributed by atoms with Crippen LogP contribution in [-0.4, -0.2) is 23.9 Å². The molecular formula is C19H19ClFNO. The number of amides is 1. The van der Waals surface area contributed by atoms with Crippen LogP contribution in [0.25, 0.3) is 0 Å². The molecule has 1 fully saturated rings. The third-order valence-corrected chi connectivity index (χ3v) is 4.70. The molecule has 0 aromatic heterocycles. The summed E-state index contributed by atoms with van der Waals surface area (Å²) in [6, 6.07) is 14.2. The van der Waals surface area contributed by atoms with Gasteiger partial charge in [-0.15, -0.1) is 0 Å². The van der Waals surface area contributed by atoms with Gasteiger partial charge >= 0.3 is 0 Å². The van der Waals surface area contributed by atoms with Crippen molar-refractivity contribution in [3.8, 4) is 0 Å². The van der Waals surface area contributed by atoms with Crippen molar-refractivity contribution in [3.05, 3.63) is 70.5 Å². The average Bonchev–Trinajstić information content (AvgIpc) is 2.81. The number of hydrogen-bond donors (Lipinski definition) is 0. The normalized spacial score (nSPS) is 18.5. The molecule has 1 aliphatic rings. The average molecular weight is 332 g/mol. The quantitative estimate of drug-likeness (QED) is 0.767. The molecule has 2 aromatic carbocycles. The van der Waals surface area contributed by atoms with Crippen LogP contribution in [0.4, 0.5) is 4.39 Å². The van der Waals surface area contributed by atoms with Crippen LogP contribution in [0.2, 0.25) is 5.02 Å². The summed E-state index contributed by atoms with van der Waals surface area (Å²) in [5.74, 6) is -0.204. The molecule has 0 radical (unpaired) electrons. The minimum absolute atomic E-state index is 0.113. The zero-order valence-corrected chi connectivity index (χ0v) is 13.6. The molecule has 0 saturated carbocycles. The summed E-state index contributed by atoms with van der Waals surface area (Å²) < 4.78 is 13.2. The number of likely N-dealkylation sites (tertiary alicyclic amines) is 1. The van der Waals surface area contributed by atoms with Crippen LogP contribution in [0, 0.1) is 5.82 Å². The van der Waals surface area contributed by atoms with Crippen LogP contribution in [0.5, 0.6) is 0 Å². The first-order chi connectivity index (χ1) is 11.1. The topological polar surface area (TPSA) is 20.3 Å². The highest BCUT2D eigenvalue weighted by Crippen LogP contribution is 2.28. The third-order valence-electron chi connectivity index (χ3n) is 4.39. The maximum absolute atomic E-state index is 13.2. The Hall–Kier alpha value is -1.87. The van der Waals surface area contributed by atoms with Gasteiger partial charge in [0.05, 0.1) is 10.6 Å². The Morgan fingerprint density at radius 2 is 1.91 bits per heavy atom. The number of hydrogen-bond acceptors (Lipinski definition) is 1. The molecule has 120 valence electrons. The van der Waals surface area contributed by atoms with E-state index in [1.54, 1.807) is 0 Å². The number of carbonyl (C=O) groups is 1. The number of benzene rings is 2. The summed E-state index contributed by atoms with van der Waals surface area (Å²) in [6.07, 6.45) is 3.15. The first-order valence-electron chi connectivity index (χ1n) is 7.94. The summed E-state index contributed by atoms with van der Waals surface area (Å²) in [4.78, 5) is 14.6. The van der Waals surface area contributed by atoms with Crippen molar-refractivity contribution in [1.82, 2.24) is 4.90 Å². The minimum atomic E-state index is -0.426. The van der Waals surface area contributed by atoms with Gasteiger partial charge in [0.15, 0.2) is 0 Å². The highest BCUT2D eigenvalue weighted by Gasteiger charge is 2.25. The molecule has 0 bridgehead atoms. The Morgan fingerprint density at radius 1 is 1.13 bits per heavy atom. The van der Waals surface area contributed by atoms with E-state index in [1.165, 1.54) is 23.8 Å². The second-order valence-electron chi connectivity index (χ2n) is 5.98. The first-order valence-corrected chi connectivity index (χ1v) is 8.32. The van der Waals surface area contributed by atoms with E-state index in [9.17, 15) is 9.18 Å². The molecule has 3 rings (SSSR count). The summed E-state index contributed by atoms with van der Waals surface area (Å²) in [6.45, 7) is 1.40. The van der Waals surface area contributed by atoms with Crippen molar-refractivity contribution in [3.63, 3.8) is 0 Å². The lowest BCUT2D eigenvalue weighted by molar-refractivity contribution is 0.0754. The lowest BCUT2D eigenvalue weighted by atomic mass is 9.94. The van der Waals surface area contributed by atoms with E-state index in [-0.39, 0.29) is 10.9 Å². The van der Waals surface area contributed by atoms with Crippen LogP contribution in [-0.2, 0) is 0 Å². The van der Waals surface area contributed by atoms with E-state index >= 15 is 0 Å². The summed E-state index contributed by atoms with van der Waals surface area (Å²) >= 11 is 6.05. The van der Waals surface area contributed by atoms with Gasteiger partial charge in [-0.1, -0.05) is 48.4 Å². The molecular weight excluding hydrogens is 313 g/mol. The lowest BCUT2D eigenvalue weighted by Crippen LogP contribution is -2.34. The molecule has 1 saturated heterocycles. The molecule has 1 atom stereocenters. The van der Waals surface area contributed by atoms with E-state index in [1.807, 2.05) is 23.1 Å². The molecule has 2 aromatic rings. The van der Waals surface area contributed by atoms with E-state index in [2.05, 4.69) is 12.1 Å². The zero-order valence-electron chi connectivity index (χ0n) is 12.8. The molecule has 0 aliphatic carbocycles. The fraction of sp³-hybridized carbons (Fsp3) is 0.316. The maximum Gasteiger partial charge on any atom is 0.255 e. The highest BCUT2D eigenvalue weighted by atomic mass is 35.5. The van der Waals surface area contributed by atoms with Crippen molar-refractivity contribution >= 4 is 17.5 Å². The van der Waals surface area contributed by atoms with Crippen LogP contribution < -0.4 is 0 Å². The van der Waals surface area contributed by atoms with Gasteiger partial charge < -0.3 is 4.90 Å². The van der Waals surface area contributed by atoms with Crippen LogP contribution in [0.15, 0.2) is 48.5 Å². The standard InChI is InChI=1S/C19H19ClFNO/c20-18-12-16(21)9-10-17(18)19(23)22-11-5-4-8-15(13-22)14-6-2-1-3-7-14/h1-3,6-7,9-10,12,15H,4-5,8,11,13H2. The Bertz CT molecular complexity index is 689. The molecule has 1 aliphatic heterocycles. The van der Waals surface area contributed by atoms with Gasteiger partial charge in [0.25, 0.3) is 5.91 Å². The summed E-state index contributed by atoms with van der Waals surface area (Å²) in [5.41, 5.74) is 1.64. The van der Waals surface area contributed by atoms with E-state index in [0.29, 0.717) is 18.0 Å². The molecule has 0 N–H and O–H groups in total. The maximum atomic E-state index is 13.2. The van der Waals surface area contributed by atoms with Gasteiger partial charge in [-0.25, -0.2) is 4.39 Å².